The van der Waals surface area contributed by atoms with Crippen molar-refractivity contribution in [2.24, 2.45) is 0 Å². The molecule has 0 saturated carbocycles. The van der Waals surface area contributed by atoms with Crippen molar-refractivity contribution in [2.45, 2.75) is 6.92 Å². The second-order valence-corrected chi connectivity index (χ2v) is 2.61. The van der Waals surface area contributed by atoms with Crippen LogP contribution in [0.4, 0.5) is 0 Å². The molecule has 0 spiro atoms. The summed E-state index contributed by atoms with van der Waals surface area (Å²) in [7, 11) is -3.66. The van der Waals surface area contributed by atoms with Gasteiger partial charge >= 0.3 is 0 Å². The molecule has 3 nitrogen and oxygen atoms in total. The van der Waals surface area contributed by atoms with Crippen molar-refractivity contribution >= 4 is 39.7 Å². The molecular formula is C2H6NaO3S. The van der Waals surface area contributed by atoms with Gasteiger partial charge in [-0.15, -0.1) is 0 Å². The molecule has 0 aromatic rings. The second-order valence-electron chi connectivity index (χ2n) is 0.871. The van der Waals surface area contributed by atoms with Crippen molar-refractivity contribution < 1.29 is 13.0 Å². The Morgan fingerprint density at radius 2 is 1.71 bits per heavy atom. The zero-order valence-electron chi connectivity index (χ0n) is 4.38. The average molecular weight is 133 g/mol. The first-order chi connectivity index (χ1) is 2.56. The average Bonchev–Trinajstić information content (AvgIpc) is 1.35. The van der Waals surface area contributed by atoms with Crippen LogP contribution in [0, 0.1) is 0 Å². The molecule has 1 N–H and O–H groups in total. The predicted molar refractivity (Wildman–Crippen MR) is 27.8 cm³/mol. The van der Waals surface area contributed by atoms with E-state index in [0.717, 1.165) is 0 Å². The zero-order chi connectivity index (χ0) is 5.21. The van der Waals surface area contributed by atoms with Crippen LogP contribution >= 0.6 is 0 Å². The summed E-state index contributed by atoms with van der Waals surface area (Å²) in [6.45, 7) is 1.37. The van der Waals surface area contributed by atoms with Crippen molar-refractivity contribution in [2.75, 3.05) is 5.75 Å². The van der Waals surface area contributed by atoms with Gasteiger partial charge in [0.15, 0.2) is 0 Å². The summed E-state index contributed by atoms with van der Waals surface area (Å²) >= 11 is 0. The van der Waals surface area contributed by atoms with E-state index < -0.39 is 10.1 Å². The molecule has 0 rings (SSSR count). The molecular weight excluding hydrogens is 127 g/mol. The fraction of sp³-hybridized carbons (Fsp3) is 1.00. The Labute approximate surface area is 65.1 Å². The summed E-state index contributed by atoms with van der Waals surface area (Å²) in [6, 6.07) is 0. The van der Waals surface area contributed by atoms with Crippen LogP contribution in [0.5, 0.6) is 0 Å². The number of rotatable bonds is 1. The first-order valence-corrected chi connectivity index (χ1v) is 3.12. The molecule has 0 heterocycles. The van der Waals surface area contributed by atoms with Gasteiger partial charge in [0.25, 0.3) is 10.1 Å². The first-order valence-electron chi connectivity index (χ1n) is 1.51. The van der Waals surface area contributed by atoms with E-state index in [4.69, 9.17) is 4.55 Å². The molecule has 7 heavy (non-hydrogen) atoms. The summed E-state index contributed by atoms with van der Waals surface area (Å²) in [5, 5.41) is 0. The van der Waals surface area contributed by atoms with E-state index in [1.807, 2.05) is 0 Å². The Kier molecular flexibility index (Phi) is 5.96. The zero-order valence-corrected chi connectivity index (χ0v) is 7.20. The maximum atomic E-state index is 9.56. The molecule has 0 unspecified atom stereocenters. The van der Waals surface area contributed by atoms with Gasteiger partial charge in [-0.2, -0.15) is 8.42 Å². The second kappa shape index (κ2) is 3.86. The van der Waals surface area contributed by atoms with Crippen molar-refractivity contribution in [1.82, 2.24) is 0 Å². The molecule has 0 saturated heterocycles. The fourth-order valence-electron chi connectivity index (χ4n) is 0. The predicted octanol–water partition coefficient (Wildman–Crippen LogP) is -0.487. The third-order valence-electron chi connectivity index (χ3n) is 0.365. The molecule has 0 aromatic heterocycles. The summed E-state index contributed by atoms with van der Waals surface area (Å²) in [5.41, 5.74) is 0. The third kappa shape index (κ3) is 10.9. The molecule has 0 atom stereocenters. The standard InChI is InChI=1S/C2H6O3S.Na/c1-2-6(3,4)5;/h2H2,1H3,(H,3,4,5);. The molecule has 0 aliphatic rings. The van der Waals surface area contributed by atoms with Crippen LogP contribution in [0.3, 0.4) is 0 Å². The largest absolute Gasteiger partial charge is 0.286 e. The van der Waals surface area contributed by atoms with Crippen LogP contribution in [0.1, 0.15) is 6.92 Å². The van der Waals surface area contributed by atoms with Crippen molar-refractivity contribution in [3.63, 3.8) is 0 Å². The Balaban J connectivity index is 0. The molecule has 0 amide bonds. The van der Waals surface area contributed by atoms with Crippen LogP contribution in [-0.4, -0.2) is 48.3 Å². The van der Waals surface area contributed by atoms with Gasteiger partial charge in [-0.3, -0.25) is 4.55 Å². The van der Waals surface area contributed by atoms with E-state index in [0.29, 0.717) is 0 Å². The third-order valence-corrected chi connectivity index (χ3v) is 1.09. The maximum Gasteiger partial charge on any atom is 0.264 e. The first kappa shape index (κ1) is 10.8. The van der Waals surface area contributed by atoms with Gasteiger partial charge < -0.3 is 0 Å². The van der Waals surface area contributed by atoms with E-state index in [1.54, 1.807) is 0 Å². The molecule has 5 heteroatoms. The van der Waals surface area contributed by atoms with Crippen LogP contribution in [0.15, 0.2) is 0 Å². The van der Waals surface area contributed by atoms with Gasteiger partial charge in [0, 0.05) is 29.6 Å². The molecule has 39 valence electrons. The van der Waals surface area contributed by atoms with Crippen LogP contribution in [0.25, 0.3) is 0 Å². The van der Waals surface area contributed by atoms with Gasteiger partial charge in [0.1, 0.15) is 0 Å². The van der Waals surface area contributed by atoms with Gasteiger partial charge in [-0.1, -0.05) is 0 Å². The van der Waals surface area contributed by atoms with Crippen LogP contribution < -0.4 is 0 Å². The maximum absolute atomic E-state index is 9.56. The molecule has 0 aliphatic carbocycles. The minimum absolute atomic E-state index is 0. The number of hydrogen-bond donors (Lipinski definition) is 1. The summed E-state index contributed by atoms with van der Waals surface area (Å²) < 4.78 is 26.9. The van der Waals surface area contributed by atoms with E-state index in [2.05, 4.69) is 0 Å². The minimum Gasteiger partial charge on any atom is -0.286 e. The smallest absolute Gasteiger partial charge is 0.264 e. The Bertz CT molecular complexity index is 115. The van der Waals surface area contributed by atoms with Gasteiger partial charge in [0.2, 0.25) is 0 Å². The Morgan fingerprint density at radius 3 is 1.71 bits per heavy atom. The van der Waals surface area contributed by atoms with E-state index in [1.165, 1.54) is 6.92 Å². The Hall–Kier alpha value is 0.910. The minimum atomic E-state index is -3.66. The molecule has 0 aliphatic heterocycles. The molecule has 0 aromatic carbocycles. The van der Waals surface area contributed by atoms with Gasteiger partial charge in [-0.25, -0.2) is 0 Å². The summed E-state index contributed by atoms with van der Waals surface area (Å²) in [4.78, 5) is 0. The van der Waals surface area contributed by atoms with Crippen molar-refractivity contribution in [3.05, 3.63) is 0 Å². The SMILES string of the molecule is CCS(=O)(=O)O.[Na]. The quantitative estimate of drug-likeness (QED) is 0.388. The van der Waals surface area contributed by atoms with Crippen LogP contribution in [0.2, 0.25) is 0 Å². The fourth-order valence-corrected chi connectivity index (χ4v) is 0. The van der Waals surface area contributed by atoms with E-state index >= 15 is 0 Å². The molecule has 0 bridgehead atoms. The normalized spacial score (nSPS) is 10.0. The number of hydrogen-bond acceptors (Lipinski definition) is 2. The summed E-state index contributed by atoms with van der Waals surface area (Å²) in [5.74, 6) is -0.201. The van der Waals surface area contributed by atoms with Crippen LogP contribution in [-0.2, 0) is 10.1 Å². The van der Waals surface area contributed by atoms with Gasteiger partial charge in [0.05, 0.1) is 5.75 Å². The van der Waals surface area contributed by atoms with E-state index in [9.17, 15) is 8.42 Å². The Morgan fingerprint density at radius 1 is 1.57 bits per heavy atom. The van der Waals surface area contributed by atoms with Crippen molar-refractivity contribution in [1.29, 1.82) is 0 Å². The summed E-state index contributed by atoms with van der Waals surface area (Å²) in [6.07, 6.45) is 0. The van der Waals surface area contributed by atoms with Crippen molar-refractivity contribution in [3.8, 4) is 0 Å². The molecule has 1 radical (unpaired) electrons. The van der Waals surface area contributed by atoms with Gasteiger partial charge in [-0.05, 0) is 6.92 Å². The topological polar surface area (TPSA) is 54.4 Å². The molecule has 0 fully saturated rings. The monoisotopic (exact) mass is 133 g/mol. The van der Waals surface area contributed by atoms with E-state index in [-0.39, 0.29) is 35.3 Å².